The highest BCUT2D eigenvalue weighted by atomic mass is 79.9. The summed E-state index contributed by atoms with van der Waals surface area (Å²) >= 11 is 6.90. The molecule has 1 N–H and O–H groups in total. The van der Waals surface area contributed by atoms with Gasteiger partial charge in [0.1, 0.15) is 0 Å². The highest BCUT2D eigenvalue weighted by molar-refractivity contribution is 9.10. The number of amides is 1. The number of rotatable bonds is 3. The minimum atomic E-state index is -0.284. The maximum atomic E-state index is 12.1. The number of alkyl halides is 1. The molecule has 0 aromatic heterocycles. The summed E-state index contributed by atoms with van der Waals surface area (Å²) in [5.41, 5.74) is 1.46. The summed E-state index contributed by atoms with van der Waals surface area (Å²) < 4.78 is 0.923. The van der Waals surface area contributed by atoms with Gasteiger partial charge < -0.3 is 5.32 Å². The number of aryl methyl sites for hydroxylation is 1. The summed E-state index contributed by atoms with van der Waals surface area (Å²) in [5, 5.41) is 3.02. The summed E-state index contributed by atoms with van der Waals surface area (Å²) in [6.07, 6.45) is 0. The molecule has 0 aliphatic carbocycles. The summed E-state index contributed by atoms with van der Waals surface area (Å²) in [4.78, 5) is 12.3. The van der Waals surface area contributed by atoms with Crippen molar-refractivity contribution in [2.24, 2.45) is 0 Å². The van der Waals surface area contributed by atoms with Crippen molar-refractivity contribution < 1.29 is 4.79 Å². The minimum Gasteiger partial charge on any atom is -0.346 e. The monoisotopic (exact) mass is 361 g/mol. The smallest absolute Gasteiger partial charge is 0.251 e. The number of hydrogen-bond acceptors (Lipinski definition) is 1. The topological polar surface area (TPSA) is 29.1 Å². The maximum absolute atomic E-state index is 12.1. The van der Waals surface area contributed by atoms with Crippen LogP contribution in [0.1, 0.15) is 36.7 Å². The first-order chi connectivity index (χ1) is 7.72. The van der Waals surface area contributed by atoms with Gasteiger partial charge in [-0.25, -0.2) is 0 Å². The van der Waals surface area contributed by atoms with Crippen LogP contribution in [0.2, 0.25) is 0 Å². The van der Waals surface area contributed by atoms with Gasteiger partial charge >= 0.3 is 0 Å². The zero-order valence-electron chi connectivity index (χ0n) is 10.5. The fraction of sp³-hybridized carbons (Fsp3) is 0.462. The Hall–Kier alpha value is -0.350. The lowest BCUT2D eigenvalue weighted by Crippen LogP contribution is -2.48. The molecular formula is C13H17Br2NO. The Morgan fingerprint density at radius 1 is 1.35 bits per heavy atom. The van der Waals surface area contributed by atoms with Crippen LogP contribution in [0.25, 0.3) is 0 Å². The Labute approximate surface area is 119 Å². The number of halogens is 2. The summed E-state index contributed by atoms with van der Waals surface area (Å²) in [6, 6.07) is 5.70. The van der Waals surface area contributed by atoms with Gasteiger partial charge in [0.05, 0.1) is 0 Å². The number of hydrogen-bond donors (Lipinski definition) is 1. The van der Waals surface area contributed by atoms with E-state index < -0.39 is 0 Å². The molecule has 0 aliphatic rings. The van der Waals surface area contributed by atoms with E-state index in [4.69, 9.17) is 0 Å². The van der Waals surface area contributed by atoms with Crippen LogP contribution in [0.3, 0.4) is 0 Å². The van der Waals surface area contributed by atoms with Gasteiger partial charge in [-0.15, -0.1) is 0 Å². The summed E-state index contributed by atoms with van der Waals surface area (Å²) in [7, 11) is 0. The number of benzene rings is 1. The summed E-state index contributed by atoms with van der Waals surface area (Å²) in [5.74, 6) is -0.0503. The van der Waals surface area contributed by atoms with E-state index >= 15 is 0 Å². The van der Waals surface area contributed by atoms with Gasteiger partial charge in [0, 0.05) is 20.4 Å². The molecule has 0 aliphatic heterocycles. The molecule has 1 aromatic rings. The van der Waals surface area contributed by atoms with E-state index in [-0.39, 0.29) is 16.3 Å². The van der Waals surface area contributed by atoms with E-state index in [1.807, 2.05) is 45.9 Å². The van der Waals surface area contributed by atoms with Crippen LogP contribution in [-0.4, -0.2) is 16.3 Å². The standard InChI is InChI=1S/C13H17Br2NO/c1-8-5-10(7-11(15)6-8)12(17)16-13(3,4)9(2)14/h5-7,9H,1-4H3,(H,16,17). The van der Waals surface area contributed by atoms with Crippen molar-refractivity contribution in [1.82, 2.24) is 5.32 Å². The van der Waals surface area contributed by atoms with Crippen molar-refractivity contribution in [2.75, 3.05) is 0 Å². The predicted molar refractivity (Wildman–Crippen MR) is 78.8 cm³/mol. The van der Waals surface area contributed by atoms with E-state index in [2.05, 4.69) is 37.2 Å². The molecule has 0 saturated carbocycles. The van der Waals surface area contributed by atoms with Gasteiger partial charge in [-0.1, -0.05) is 38.8 Å². The molecule has 4 heteroatoms. The molecule has 17 heavy (non-hydrogen) atoms. The van der Waals surface area contributed by atoms with Gasteiger partial charge in [-0.3, -0.25) is 4.79 Å². The van der Waals surface area contributed by atoms with E-state index in [0.29, 0.717) is 5.56 Å². The van der Waals surface area contributed by atoms with Crippen LogP contribution >= 0.6 is 31.9 Å². The fourth-order valence-corrected chi connectivity index (χ4v) is 2.05. The van der Waals surface area contributed by atoms with Crippen molar-refractivity contribution in [3.63, 3.8) is 0 Å². The summed E-state index contributed by atoms with van der Waals surface area (Å²) in [6.45, 7) is 7.98. The van der Waals surface area contributed by atoms with Crippen molar-refractivity contribution in [3.8, 4) is 0 Å². The van der Waals surface area contributed by atoms with Gasteiger partial charge in [-0.2, -0.15) is 0 Å². The third kappa shape index (κ3) is 4.11. The Morgan fingerprint density at radius 2 is 1.94 bits per heavy atom. The van der Waals surface area contributed by atoms with E-state index in [1.165, 1.54) is 0 Å². The Kier molecular flexibility index (Phi) is 4.78. The Morgan fingerprint density at radius 3 is 2.41 bits per heavy atom. The third-order valence-electron chi connectivity index (χ3n) is 2.73. The molecule has 0 saturated heterocycles. The first-order valence-electron chi connectivity index (χ1n) is 5.46. The van der Waals surface area contributed by atoms with Crippen LogP contribution in [0.4, 0.5) is 0 Å². The molecule has 1 amide bonds. The minimum absolute atomic E-state index is 0.0503. The van der Waals surface area contributed by atoms with Gasteiger partial charge in [0.15, 0.2) is 0 Å². The lowest BCUT2D eigenvalue weighted by molar-refractivity contribution is 0.0913. The number of carbonyl (C=O) groups excluding carboxylic acids is 1. The average Bonchev–Trinajstić information content (AvgIpc) is 2.15. The highest BCUT2D eigenvalue weighted by Gasteiger charge is 2.26. The molecule has 0 heterocycles. The normalized spacial score (nSPS) is 13.3. The molecule has 1 aromatic carbocycles. The number of nitrogens with one attached hydrogen (secondary N) is 1. The van der Waals surface area contributed by atoms with Crippen LogP contribution < -0.4 is 5.32 Å². The van der Waals surface area contributed by atoms with Crippen molar-refractivity contribution in [1.29, 1.82) is 0 Å². The third-order valence-corrected chi connectivity index (χ3v) is 4.34. The SMILES string of the molecule is Cc1cc(Br)cc(C(=O)NC(C)(C)C(C)Br)c1. The first kappa shape index (κ1) is 14.7. The molecule has 0 radical (unpaired) electrons. The zero-order valence-corrected chi connectivity index (χ0v) is 13.6. The quantitative estimate of drug-likeness (QED) is 0.807. The molecule has 1 unspecified atom stereocenters. The average molecular weight is 363 g/mol. The number of carbonyl (C=O) groups is 1. The first-order valence-corrected chi connectivity index (χ1v) is 7.17. The molecule has 1 atom stereocenters. The Bertz CT molecular complexity index is 407. The fourth-order valence-electron chi connectivity index (χ4n) is 1.33. The Balaban J connectivity index is 2.91. The highest BCUT2D eigenvalue weighted by Crippen LogP contribution is 2.19. The van der Waals surface area contributed by atoms with Gasteiger partial charge in [0.25, 0.3) is 5.91 Å². The van der Waals surface area contributed by atoms with E-state index in [0.717, 1.165) is 10.0 Å². The lowest BCUT2D eigenvalue weighted by Gasteiger charge is -2.29. The van der Waals surface area contributed by atoms with Crippen LogP contribution in [-0.2, 0) is 0 Å². The van der Waals surface area contributed by atoms with Gasteiger partial charge in [-0.05, 0) is 44.5 Å². The lowest BCUT2D eigenvalue weighted by atomic mass is 10.0. The molecule has 0 fully saturated rings. The molecule has 94 valence electrons. The van der Waals surface area contributed by atoms with Crippen LogP contribution in [0.15, 0.2) is 22.7 Å². The predicted octanol–water partition coefficient (Wildman–Crippen LogP) is 4.05. The van der Waals surface area contributed by atoms with E-state index in [1.54, 1.807) is 0 Å². The second kappa shape index (κ2) is 5.53. The van der Waals surface area contributed by atoms with Gasteiger partial charge in [0.2, 0.25) is 0 Å². The van der Waals surface area contributed by atoms with Crippen LogP contribution in [0, 0.1) is 6.92 Å². The second-order valence-electron chi connectivity index (χ2n) is 4.81. The molecule has 0 spiro atoms. The van der Waals surface area contributed by atoms with Crippen LogP contribution in [0.5, 0.6) is 0 Å². The molecular weight excluding hydrogens is 346 g/mol. The molecule has 2 nitrogen and oxygen atoms in total. The molecule has 1 rings (SSSR count). The molecule has 0 bridgehead atoms. The zero-order chi connectivity index (χ0) is 13.2. The van der Waals surface area contributed by atoms with Crippen molar-refractivity contribution >= 4 is 37.8 Å². The van der Waals surface area contributed by atoms with Crippen molar-refractivity contribution in [2.45, 2.75) is 38.1 Å². The van der Waals surface area contributed by atoms with E-state index in [9.17, 15) is 4.79 Å². The van der Waals surface area contributed by atoms with Crippen molar-refractivity contribution in [3.05, 3.63) is 33.8 Å². The maximum Gasteiger partial charge on any atom is 0.251 e. The second-order valence-corrected chi connectivity index (χ2v) is 7.10. The largest absolute Gasteiger partial charge is 0.346 e.